The number of carbonyl (C=O) groups excluding carboxylic acids is 1. The number of hydrogen-bond acceptors (Lipinski definition) is 5. The van der Waals surface area contributed by atoms with E-state index in [4.69, 9.17) is 4.52 Å². The van der Waals surface area contributed by atoms with Crippen LogP contribution in [0, 0.1) is 13.8 Å². The molecule has 7 heteroatoms. The van der Waals surface area contributed by atoms with Crippen molar-refractivity contribution in [3.63, 3.8) is 0 Å². The Morgan fingerprint density at radius 3 is 2.48 bits per heavy atom. The molecule has 1 fully saturated rings. The zero-order valence-corrected chi connectivity index (χ0v) is 14.7. The van der Waals surface area contributed by atoms with Crippen molar-refractivity contribution in [3.8, 4) is 0 Å². The van der Waals surface area contributed by atoms with Crippen LogP contribution in [0.2, 0.25) is 0 Å². The number of aromatic nitrogens is 1. The molecule has 0 aliphatic heterocycles. The predicted octanol–water partition coefficient (Wildman–Crippen LogP) is 2.77. The molecule has 23 heavy (non-hydrogen) atoms. The lowest BCUT2D eigenvalue weighted by Crippen LogP contribution is -2.56. The van der Waals surface area contributed by atoms with E-state index in [1.807, 2.05) is 13.8 Å². The summed E-state index contributed by atoms with van der Waals surface area (Å²) in [6.45, 7) is 3.73. The molecular formula is C16H24N2O4S. The quantitative estimate of drug-likeness (QED) is 0.857. The highest BCUT2D eigenvalue weighted by Gasteiger charge is 2.45. The third-order valence-corrected chi connectivity index (χ3v) is 5.69. The van der Waals surface area contributed by atoms with Crippen LogP contribution in [-0.2, 0) is 15.3 Å². The lowest BCUT2D eigenvalue weighted by atomic mass is 9.80. The zero-order valence-electron chi connectivity index (χ0n) is 13.9. The minimum absolute atomic E-state index is 0.133. The summed E-state index contributed by atoms with van der Waals surface area (Å²) in [7, 11) is 1.62. The number of likely N-dealkylation sites (N-methyl/N-ethyl adjacent to an activating group) is 1. The van der Waals surface area contributed by atoms with Gasteiger partial charge in [-0.2, -0.15) is 0 Å². The van der Waals surface area contributed by atoms with E-state index in [9.17, 15) is 14.7 Å². The molecule has 0 saturated heterocycles. The largest absolute Gasteiger partial charge is 0.479 e. The topological polar surface area (TPSA) is 83.6 Å². The van der Waals surface area contributed by atoms with Crippen molar-refractivity contribution < 1.29 is 19.2 Å². The smallest absolute Gasteiger partial charge is 0.329 e. The molecule has 1 aliphatic rings. The maximum absolute atomic E-state index is 12.5. The van der Waals surface area contributed by atoms with Gasteiger partial charge in [-0.1, -0.05) is 24.4 Å². The van der Waals surface area contributed by atoms with Gasteiger partial charge in [0.2, 0.25) is 5.91 Å². The summed E-state index contributed by atoms with van der Waals surface area (Å²) in [5, 5.41) is 13.5. The van der Waals surface area contributed by atoms with E-state index in [2.05, 4.69) is 5.16 Å². The standard InChI is InChI=1S/C16H24N2O4S/c1-11-13(12(2)22-17-11)9-23-10-14(19)18(3)16(15(20)21)7-5-4-6-8-16/h4-10H2,1-3H3,(H,20,21). The molecule has 128 valence electrons. The van der Waals surface area contributed by atoms with Crippen molar-refractivity contribution in [1.82, 2.24) is 10.1 Å². The van der Waals surface area contributed by atoms with E-state index < -0.39 is 11.5 Å². The molecular weight excluding hydrogens is 316 g/mol. The number of carbonyl (C=O) groups is 2. The molecule has 6 nitrogen and oxygen atoms in total. The first-order valence-electron chi connectivity index (χ1n) is 7.88. The van der Waals surface area contributed by atoms with Crippen LogP contribution in [0.3, 0.4) is 0 Å². The number of thioether (sulfide) groups is 1. The lowest BCUT2D eigenvalue weighted by molar-refractivity contribution is -0.159. The van der Waals surface area contributed by atoms with Crippen LogP contribution in [0.15, 0.2) is 4.52 Å². The van der Waals surface area contributed by atoms with Gasteiger partial charge in [-0.15, -0.1) is 11.8 Å². The Labute approximate surface area is 140 Å². The third-order valence-electron chi connectivity index (χ3n) is 4.75. The second kappa shape index (κ2) is 7.38. The molecule has 1 aromatic rings. The second-order valence-corrected chi connectivity index (χ2v) is 7.13. The Hall–Kier alpha value is -1.50. The fourth-order valence-corrected chi connectivity index (χ4v) is 4.20. The fourth-order valence-electron chi connectivity index (χ4n) is 3.11. The molecule has 0 aromatic carbocycles. The zero-order chi connectivity index (χ0) is 17.0. The van der Waals surface area contributed by atoms with E-state index >= 15 is 0 Å². The summed E-state index contributed by atoms with van der Waals surface area (Å²) in [6, 6.07) is 0. The molecule has 1 saturated carbocycles. The van der Waals surface area contributed by atoms with Crippen LogP contribution >= 0.6 is 11.8 Å². The fraction of sp³-hybridized carbons (Fsp3) is 0.688. The highest BCUT2D eigenvalue weighted by atomic mass is 32.2. The first-order valence-corrected chi connectivity index (χ1v) is 9.03. The molecule has 1 heterocycles. The Balaban J connectivity index is 1.95. The van der Waals surface area contributed by atoms with Crippen LogP contribution in [0.25, 0.3) is 0 Å². The van der Waals surface area contributed by atoms with Gasteiger partial charge >= 0.3 is 5.97 Å². The Kier molecular flexibility index (Phi) is 5.73. The van der Waals surface area contributed by atoms with E-state index in [0.717, 1.165) is 36.3 Å². The number of nitrogens with zero attached hydrogens (tertiary/aromatic N) is 2. The number of rotatable bonds is 6. The highest BCUT2D eigenvalue weighted by molar-refractivity contribution is 7.99. The second-order valence-electron chi connectivity index (χ2n) is 6.15. The van der Waals surface area contributed by atoms with Crippen molar-refractivity contribution >= 4 is 23.6 Å². The number of aliphatic carboxylic acids is 1. The van der Waals surface area contributed by atoms with Crippen molar-refractivity contribution in [2.75, 3.05) is 12.8 Å². The molecule has 0 spiro atoms. The van der Waals surface area contributed by atoms with Gasteiger partial charge in [0, 0.05) is 18.4 Å². The van der Waals surface area contributed by atoms with E-state index in [0.29, 0.717) is 18.6 Å². The summed E-state index contributed by atoms with van der Waals surface area (Å²) in [4.78, 5) is 25.7. The normalized spacial score (nSPS) is 17.0. The SMILES string of the molecule is Cc1noc(C)c1CSCC(=O)N(C)C1(C(=O)O)CCCCC1. The van der Waals surface area contributed by atoms with Gasteiger partial charge in [0.1, 0.15) is 11.3 Å². The van der Waals surface area contributed by atoms with Gasteiger partial charge in [0.15, 0.2) is 0 Å². The average molecular weight is 340 g/mol. The van der Waals surface area contributed by atoms with E-state index in [-0.39, 0.29) is 11.7 Å². The summed E-state index contributed by atoms with van der Waals surface area (Å²) >= 11 is 1.47. The monoisotopic (exact) mass is 340 g/mol. The third kappa shape index (κ3) is 3.71. The van der Waals surface area contributed by atoms with Crippen molar-refractivity contribution in [3.05, 3.63) is 17.0 Å². The first-order chi connectivity index (χ1) is 10.9. The maximum Gasteiger partial charge on any atom is 0.329 e. The van der Waals surface area contributed by atoms with Gasteiger partial charge < -0.3 is 14.5 Å². The number of amides is 1. The van der Waals surface area contributed by atoms with Crippen LogP contribution in [0.4, 0.5) is 0 Å². The number of hydrogen-bond donors (Lipinski definition) is 1. The number of aryl methyl sites for hydroxylation is 2. The van der Waals surface area contributed by atoms with E-state index in [1.54, 1.807) is 7.05 Å². The molecule has 0 bridgehead atoms. The van der Waals surface area contributed by atoms with Crippen LogP contribution in [-0.4, -0.2) is 45.4 Å². The molecule has 1 aromatic heterocycles. The van der Waals surface area contributed by atoms with Gasteiger partial charge in [0.25, 0.3) is 0 Å². The molecule has 1 aliphatic carbocycles. The molecule has 0 unspecified atom stereocenters. The minimum atomic E-state index is -1.03. The maximum atomic E-state index is 12.5. The molecule has 1 amide bonds. The summed E-state index contributed by atoms with van der Waals surface area (Å²) in [5.74, 6) is 0.649. The van der Waals surface area contributed by atoms with Crippen LogP contribution in [0.1, 0.15) is 49.1 Å². The van der Waals surface area contributed by atoms with Crippen molar-refractivity contribution in [2.45, 2.75) is 57.2 Å². The van der Waals surface area contributed by atoms with Gasteiger partial charge in [-0.05, 0) is 26.7 Å². The van der Waals surface area contributed by atoms with E-state index in [1.165, 1.54) is 16.7 Å². The Bertz CT molecular complexity index is 559. The molecule has 1 N–H and O–H groups in total. The molecule has 0 radical (unpaired) electrons. The molecule has 0 atom stereocenters. The Morgan fingerprint density at radius 2 is 1.96 bits per heavy atom. The number of carboxylic acid groups (broad SMARTS) is 1. The highest BCUT2D eigenvalue weighted by Crippen LogP contribution is 2.34. The molecule has 2 rings (SSSR count). The first kappa shape index (κ1) is 17.8. The van der Waals surface area contributed by atoms with Gasteiger partial charge in [-0.3, -0.25) is 4.79 Å². The predicted molar refractivity (Wildman–Crippen MR) is 88.4 cm³/mol. The van der Waals surface area contributed by atoms with Gasteiger partial charge in [0.05, 0.1) is 11.4 Å². The van der Waals surface area contributed by atoms with Gasteiger partial charge in [-0.25, -0.2) is 4.79 Å². The van der Waals surface area contributed by atoms with Crippen molar-refractivity contribution in [1.29, 1.82) is 0 Å². The summed E-state index contributed by atoms with van der Waals surface area (Å²) in [6.07, 6.45) is 3.84. The number of carboxylic acids is 1. The minimum Gasteiger partial charge on any atom is -0.479 e. The summed E-state index contributed by atoms with van der Waals surface area (Å²) in [5.41, 5.74) is 0.819. The average Bonchev–Trinajstić information content (AvgIpc) is 2.86. The summed E-state index contributed by atoms with van der Waals surface area (Å²) < 4.78 is 5.11. The lowest BCUT2D eigenvalue weighted by Gasteiger charge is -2.41. The van der Waals surface area contributed by atoms with Crippen molar-refractivity contribution in [2.24, 2.45) is 0 Å². The Morgan fingerprint density at radius 1 is 1.30 bits per heavy atom. The van der Waals surface area contributed by atoms with Crippen LogP contribution < -0.4 is 0 Å². The van der Waals surface area contributed by atoms with Crippen LogP contribution in [0.5, 0.6) is 0 Å².